The minimum atomic E-state index is 0.733. The van der Waals surface area contributed by atoms with Crippen molar-refractivity contribution in [2.45, 2.75) is 38.5 Å². The van der Waals surface area contributed by atoms with Crippen molar-refractivity contribution in [1.29, 1.82) is 0 Å². The molecule has 0 atom stereocenters. The molecule has 0 spiro atoms. The van der Waals surface area contributed by atoms with E-state index in [9.17, 15) is 0 Å². The Bertz CT molecular complexity index is 419. The van der Waals surface area contributed by atoms with Gasteiger partial charge in [-0.3, -0.25) is 0 Å². The summed E-state index contributed by atoms with van der Waals surface area (Å²) in [7, 11) is 0. The van der Waals surface area contributed by atoms with Gasteiger partial charge in [-0.1, -0.05) is 30.4 Å². The molecule has 0 aromatic rings. The number of ether oxygens (including phenoxy) is 4. The zero-order valence-corrected chi connectivity index (χ0v) is 18.3. The van der Waals surface area contributed by atoms with Crippen molar-refractivity contribution in [3.8, 4) is 0 Å². The van der Waals surface area contributed by atoms with Crippen LogP contribution in [0.2, 0.25) is 0 Å². The summed E-state index contributed by atoms with van der Waals surface area (Å²) >= 11 is 0. The summed E-state index contributed by atoms with van der Waals surface area (Å²) in [6.45, 7) is 6.52. The molecule has 0 aromatic heterocycles. The molecule has 5 aliphatic rings. The van der Waals surface area contributed by atoms with Crippen LogP contribution in [0.15, 0.2) is 73.5 Å². The number of hydrogen-bond acceptors (Lipinski definition) is 5. The van der Waals surface area contributed by atoms with E-state index in [2.05, 4.69) is 23.5 Å². The molecule has 5 aliphatic heterocycles. The van der Waals surface area contributed by atoms with E-state index in [1.54, 1.807) is 18.8 Å². The van der Waals surface area contributed by atoms with Crippen LogP contribution in [-0.4, -0.2) is 46.1 Å². The fourth-order valence-electron chi connectivity index (χ4n) is 2.38. The maximum atomic E-state index is 4.98. The van der Waals surface area contributed by atoms with Gasteiger partial charge < -0.3 is 24.3 Å². The third-order valence-electron chi connectivity index (χ3n) is 3.99. The van der Waals surface area contributed by atoms with Gasteiger partial charge in [0, 0.05) is 6.54 Å². The highest BCUT2D eigenvalue weighted by molar-refractivity contribution is 5.03. The first-order chi connectivity index (χ1) is 15.0. The Labute approximate surface area is 182 Å². The molecule has 0 radical (unpaired) electrons. The molecule has 1 N–H and O–H groups in total. The number of rotatable bonds is 0. The van der Waals surface area contributed by atoms with E-state index < -0.39 is 0 Å². The third-order valence-corrected chi connectivity index (χ3v) is 3.99. The van der Waals surface area contributed by atoms with E-state index in [-0.39, 0.29) is 0 Å². The highest BCUT2D eigenvalue weighted by atomic mass is 16.5. The second-order valence-corrected chi connectivity index (χ2v) is 6.66. The van der Waals surface area contributed by atoms with Gasteiger partial charge in [-0.15, -0.1) is 0 Å². The van der Waals surface area contributed by atoms with Crippen molar-refractivity contribution < 1.29 is 18.9 Å². The smallest absolute Gasteiger partial charge is 0.106 e. The van der Waals surface area contributed by atoms with Gasteiger partial charge in [0.05, 0.1) is 45.2 Å². The predicted molar refractivity (Wildman–Crippen MR) is 124 cm³/mol. The van der Waals surface area contributed by atoms with Crippen LogP contribution in [0.5, 0.6) is 0 Å². The second-order valence-electron chi connectivity index (χ2n) is 6.66. The van der Waals surface area contributed by atoms with Gasteiger partial charge in [-0.05, 0) is 69.4 Å². The molecule has 0 saturated heterocycles. The van der Waals surface area contributed by atoms with Crippen LogP contribution in [0, 0.1) is 0 Å². The standard InChI is InChI=1S/C5H9N.3C5H8O.C5H6O/c5*1-2-4-6-5-3-1/h1-2,6H,3-5H2;2*2,4H,1,3,5H2;1-2H,3-5H2;1-4H,5H2. The summed E-state index contributed by atoms with van der Waals surface area (Å²) in [5.74, 6) is 0. The van der Waals surface area contributed by atoms with Gasteiger partial charge in [0.15, 0.2) is 0 Å². The van der Waals surface area contributed by atoms with Crippen LogP contribution >= 0.6 is 0 Å². The lowest BCUT2D eigenvalue weighted by Gasteiger charge is -2.01. The van der Waals surface area contributed by atoms with Gasteiger partial charge in [0.2, 0.25) is 0 Å². The summed E-state index contributed by atoms with van der Waals surface area (Å²) in [5.41, 5.74) is 0. The summed E-state index contributed by atoms with van der Waals surface area (Å²) in [4.78, 5) is 0. The highest BCUT2D eigenvalue weighted by Crippen LogP contribution is 1.98. The molecule has 168 valence electrons. The van der Waals surface area contributed by atoms with Crippen molar-refractivity contribution in [1.82, 2.24) is 5.32 Å². The Kier molecular flexibility index (Phi) is 19.8. The van der Waals surface area contributed by atoms with Crippen molar-refractivity contribution in [2.24, 2.45) is 0 Å². The first-order valence-electron chi connectivity index (χ1n) is 11.0. The van der Waals surface area contributed by atoms with E-state index in [0.717, 1.165) is 52.5 Å². The molecule has 5 rings (SSSR count). The van der Waals surface area contributed by atoms with E-state index in [1.165, 1.54) is 32.1 Å². The Hall–Kier alpha value is -2.24. The second kappa shape index (κ2) is 23.0. The lowest BCUT2D eigenvalue weighted by molar-refractivity contribution is 0.158. The summed E-state index contributed by atoms with van der Waals surface area (Å²) in [6, 6.07) is 0. The Morgan fingerprint density at radius 2 is 1.30 bits per heavy atom. The first kappa shape index (κ1) is 25.8. The molecule has 5 nitrogen and oxygen atoms in total. The van der Waals surface area contributed by atoms with Crippen molar-refractivity contribution in [3.63, 3.8) is 0 Å². The fourth-order valence-corrected chi connectivity index (χ4v) is 2.38. The zero-order chi connectivity index (χ0) is 21.2. The van der Waals surface area contributed by atoms with Gasteiger partial charge in [-0.25, -0.2) is 0 Å². The number of nitrogens with one attached hydrogen (secondary N) is 1. The predicted octanol–water partition coefficient (Wildman–Crippen LogP) is 5.21. The van der Waals surface area contributed by atoms with E-state index in [4.69, 9.17) is 18.9 Å². The molecular formula is C25H39NO4. The van der Waals surface area contributed by atoms with E-state index in [1.807, 2.05) is 36.5 Å². The van der Waals surface area contributed by atoms with E-state index in [0.29, 0.717) is 0 Å². The SMILES string of the molecule is C1=CCNCC1.C1=CCOC=C1.C1=CCOCC1.C1=COCCC1.C1=COCCC1. The largest absolute Gasteiger partial charge is 0.502 e. The maximum absolute atomic E-state index is 4.98. The lowest BCUT2D eigenvalue weighted by Crippen LogP contribution is -2.17. The van der Waals surface area contributed by atoms with Crippen LogP contribution in [0.1, 0.15) is 38.5 Å². The molecule has 0 aromatic carbocycles. The van der Waals surface area contributed by atoms with Crippen LogP contribution in [0.3, 0.4) is 0 Å². The van der Waals surface area contributed by atoms with Gasteiger partial charge in [-0.2, -0.15) is 0 Å². The van der Waals surface area contributed by atoms with E-state index >= 15 is 0 Å². The molecule has 5 heteroatoms. The summed E-state index contributed by atoms with van der Waals surface area (Å²) in [5, 5.41) is 3.20. The zero-order valence-electron chi connectivity index (χ0n) is 18.3. The molecule has 30 heavy (non-hydrogen) atoms. The van der Waals surface area contributed by atoms with Crippen LogP contribution in [-0.2, 0) is 18.9 Å². The molecule has 0 aliphatic carbocycles. The summed E-state index contributed by atoms with van der Waals surface area (Å²) < 4.78 is 19.6. The van der Waals surface area contributed by atoms with Gasteiger partial charge >= 0.3 is 0 Å². The molecule has 0 fully saturated rings. The Morgan fingerprint density at radius 1 is 0.533 bits per heavy atom. The molecule has 5 heterocycles. The van der Waals surface area contributed by atoms with Crippen LogP contribution in [0.4, 0.5) is 0 Å². The van der Waals surface area contributed by atoms with Crippen molar-refractivity contribution in [2.75, 3.05) is 46.1 Å². The number of hydrogen-bond donors (Lipinski definition) is 1. The normalized spacial score (nSPS) is 20.0. The molecule has 0 saturated carbocycles. The van der Waals surface area contributed by atoms with Crippen molar-refractivity contribution in [3.05, 3.63) is 73.5 Å². The molecular weight excluding hydrogens is 378 g/mol. The first-order valence-corrected chi connectivity index (χ1v) is 11.0. The molecule has 0 unspecified atom stereocenters. The Balaban J connectivity index is 0.000000187. The van der Waals surface area contributed by atoms with Crippen LogP contribution < -0.4 is 5.32 Å². The monoisotopic (exact) mass is 417 g/mol. The molecule has 0 bridgehead atoms. The van der Waals surface area contributed by atoms with Gasteiger partial charge in [0.25, 0.3) is 0 Å². The minimum Gasteiger partial charge on any atom is -0.502 e. The quantitative estimate of drug-likeness (QED) is 0.549. The number of allylic oxidation sites excluding steroid dienone is 4. The van der Waals surface area contributed by atoms with Gasteiger partial charge in [0.1, 0.15) is 6.61 Å². The summed E-state index contributed by atoms with van der Waals surface area (Å²) in [6.07, 6.45) is 30.7. The lowest BCUT2D eigenvalue weighted by atomic mass is 10.3. The molecule has 0 amide bonds. The minimum absolute atomic E-state index is 0.733. The van der Waals surface area contributed by atoms with Crippen molar-refractivity contribution >= 4 is 0 Å². The average molecular weight is 418 g/mol. The average Bonchev–Trinajstić information content (AvgIpc) is 2.91. The third kappa shape index (κ3) is 20.5. The highest BCUT2D eigenvalue weighted by Gasteiger charge is 1.88. The topological polar surface area (TPSA) is 49.0 Å². The fraction of sp³-hybridized carbons (Fsp3) is 0.520. The van der Waals surface area contributed by atoms with Crippen LogP contribution in [0.25, 0.3) is 0 Å². The Morgan fingerprint density at radius 3 is 1.43 bits per heavy atom. The maximum Gasteiger partial charge on any atom is 0.106 e.